The summed E-state index contributed by atoms with van der Waals surface area (Å²) >= 11 is 6.02. The lowest BCUT2D eigenvalue weighted by atomic mass is 9.78. The molecule has 1 saturated carbocycles. The van der Waals surface area contributed by atoms with E-state index < -0.39 is 0 Å². The Labute approximate surface area is 113 Å². The van der Waals surface area contributed by atoms with Crippen molar-refractivity contribution in [3.8, 4) is 5.88 Å². The van der Waals surface area contributed by atoms with Crippen molar-refractivity contribution in [2.45, 2.75) is 51.7 Å². The molecule has 0 amide bonds. The first-order valence-electron chi connectivity index (χ1n) is 6.39. The van der Waals surface area contributed by atoms with Crippen LogP contribution in [0.2, 0.25) is 0 Å². The molecule has 1 N–H and O–H groups in total. The standard InChI is InChI=1S/C13H20ClN3O/c1-9(2)18-11-7-10(3)15-12(16-11)17-13(8-14)5-4-6-13/h7,9H,4-6,8H2,1-3H3,(H,15,16,17). The largest absolute Gasteiger partial charge is 0.475 e. The van der Waals surface area contributed by atoms with Crippen molar-refractivity contribution in [3.05, 3.63) is 11.8 Å². The first kappa shape index (κ1) is 13.4. The van der Waals surface area contributed by atoms with Crippen LogP contribution in [-0.2, 0) is 0 Å². The summed E-state index contributed by atoms with van der Waals surface area (Å²) in [5.74, 6) is 1.82. The highest BCUT2D eigenvalue weighted by atomic mass is 35.5. The van der Waals surface area contributed by atoms with E-state index in [1.54, 1.807) is 0 Å². The maximum atomic E-state index is 6.02. The molecule has 0 atom stereocenters. The highest BCUT2D eigenvalue weighted by molar-refractivity contribution is 6.18. The monoisotopic (exact) mass is 269 g/mol. The summed E-state index contributed by atoms with van der Waals surface area (Å²) in [6, 6.07) is 1.85. The molecule has 1 aromatic rings. The molecule has 5 heteroatoms. The van der Waals surface area contributed by atoms with Crippen LogP contribution < -0.4 is 10.1 Å². The Morgan fingerprint density at radius 2 is 2.17 bits per heavy atom. The number of anilines is 1. The molecule has 4 nitrogen and oxygen atoms in total. The molecular formula is C13H20ClN3O. The van der Waals surface area contributed by atoms with Crippen LogP contribution in [-0.4, -0.2) is 27.5 Å². The number of hydrogen-bond donors (Lipinski definition) is 1. The molecule has 1 fully saturated rings. The Morgan fingerprint density at radius 3 is 2.67 bits per heavy atom. The molecule has 18 heavy (non-hydrogen) atoms. The number of ether oxygens (including phenoxy) is 1. The maximum Gasteiger partial charge on any atom is 0.226 e. The maximum absolute atomic E-state index is 6.02. The van der Waals surface area contributed by atoms with E-state index in [-0.39, 0.29) is 11.6 Å². The number of nitrogens with one attached hydrogen (secondary N) is 1. The third-order valence-corrected chi connectivity index (χ3v) is 3.64. The minimum atomic E-state index is -0.0234. The zero-order chi connectivity index (χ0) is 13.2. The number of aryl methyl sites for hydroxylation is 1. The summed E-state index contributed by atoms with van der Waals surface area (Å²) in [4.78, 5) is 8.78. The molecule has 1 heterocycles. The fourth-order valence-electron chi connectivity index (χ4n) is 2.03. The molecule has 0 aliphatic heterocycles. The van der Waals surface area contributed by atoms with E-state index in [9.17, 15) is 0 Å². The van der Waals surface area contributed by atoms with Gasteiger partial charge in [-0.3, -0.25) is 0 Å². The lowest BCUT2D eigenvalue weighted by Crippen LogP contribution is -2.47. The molecule has 0 saturated heterocycles. The van der Waals surface area contributed by atoms with E-state index in [0.29, 0.717) is 17.7 Å². The lowest BCUT2D eigenvalue weighted by Gasteiger charge is -2.41. The number of nitrogens with zero attached hydrogens (tertiary/aromatic N) is 2. The van der Waals surface area contributed by atoms with E-state index >= 15 is 0 Å². The number of rotatable bonds is 5. The third kappa shape index (κ3) is 3.05. The van der Waals surface area contributed by atoms with Gasteiger partial charge in [-0.2, -0.15) is 4.98 Å². The number of alkyl halides is 1. The van der Waals surface area contributed by atoms with Crippen LogP contribution in [0.3, 0.4) is 0 Å². The predicted octanol–water partition coefficient (Wildman–Crippen LogP) is 3.15. The van der Waals surface area contributed by atoms with Gasteiger partial charge in [0.1, 0.15) is 0 Å². The highest BCUT2D eigenvalue weighted by Gasteiger charge is 2.36. The highest BCUT2D eigenvalue weighted by Crippen LogP contribution is 2.35. The summed E-state index contributed by atoms with van der Waals surface area (Å²) in [7, 11) is 0. The van der Waals surface area contributed by atoms with Crippen LogP contribution in [0.5, 0.6) is 5.88 Å². The van der Waals surface area contributed by atoms with Crippen molar-refractivity contribution < 1.29 is 4.74 Å². The van der Waals surface area contributed by atoms with Gasteiger partial charge < -0.3 is 10.1 Å². The number of halogens is 1. The molecular weight excluding hydrogens is 250 g/mol. The minimum absolute atomic E-state index is 0.0234. The average molecular weight is 270 g/mol. The molecule has 0 bridgehead atoms. The van der Waals surface area contributed by atoms with Crippen LogP contribution in [0, 0.1) is 6.92 Å². The Bertz CT molecular complexity index is 413. The van der Waals surface area contributed by atoms with Gasteiger partial charge in [0.15, 0.2) is 0 Å². The van der Waals surface area contributed by atoms with Gasteiger partial charge in [0.2, 0.25) is 11.8 Å². The topological polar surface area (TPSA) is 47.0 Å². The SMILES string of the molecule is Cc1cc(OC(C)C)nc(NC2(CCl)CCC2)n1. The Kier molecular flexibility index (Phi) is 3.95. The molecule has 0 unspecified atom stereocenters. The minimum Gasteiger partial charge on any atom is -0.475 e. The predicted molar refractivity (Wildman–Crippen MR) is 73.5 cm³/mol. The second-order valence-electron chi connectivity index (χ2n) is 5.23. The lowest BCUT2D eigenvalue weighted by molar-refractivity contribution is 0.232. The summed E-state index contributed by atoms with van der Waals surface area (Å²) in [5.41, 5.74) is 0.872. The molecule has 0 spiro atoms. The van der Waals surface area contributed by atoms with E-state index in [0.717, 1.165) is 18.5 Å². The first-order chi connectivity index (χ1) is 8.53. The van der Waals surface area contributed by atoms with Gasteiger partial charge in [-0.15, -0.1) is 11.6 Å². The van der Waals surface area contributed by atoms with E-state index in [1.165, 1.54) is 6.42 Å². The molecule has 1 aromatic heterocycles. The fraction of sp³-hybridized carbons (Fsp3) is 0.692. The Morgan fingerprint density at radius 1 is 1.44 bits per heavy atom. The van der Waals surface area contributed by atoms with Crippen molar-refractivity contribution >= 4 is 17.5 Å². The van der Waals surface area contributed by atoms with E-state index in [2.05, 4.69) is 15.3 Å². The van der Waals surface area contributed by atoms with Gasteiger partial charge in [0.05, 0.1) is 11.6 Å². The smallest absolute Gasteiger partial charge is 0.226 e. The van der Waals surface area contributed by atoms with Crippen molar-refractivity contribution in [2.75, 3.05) is 11.2 Å². The van der Waals surface area contributed by atoms with Crippen molar-refractivity contribution in [2.24, 2.45) is 0 Å². The van der Waals surface area contributed by atoms with Gasteiger partial charge >= 0.3 is 0 Å². The van der Waals surface area contributed by atoms with Crippen LogP contribution in [0.25, 0.3) is 0 Å². The van der Waals surface area contributed by atoms with Gasteiger partial charge in [0, 0.05) is 17.6 Å². The van der Waals surface area contributed by atoms with Gasteiger partial charge in [-0.05, 0) is 40.0 Å². The third-order valence-electron chi connectivity index (χ3n) is 3.13. The van der Waals surface area contributed by atoms with E-state index in [1.807, 2.05) is 26.8 Å². The number of hydrogen-bond acceptors (Lipinski definition) is 4. The van der Waals surface area contributed by atoms with Gasteiger partial charge in [0.25, 0.3) is 0 Å². The molecule has 2 rings (SSSR count). The average Bonchev–Trinajstić information content (AvgIpc) is 2.21. The molecule has 0 aromatic carbocycles. The summed E-state index contributed by atoms with van der Waals surface area (Å²) < 4.78 is 5.61. The van der Waals surface area contributed by atoms with Crippen molar-refractivity contribution in [1.82, 2.24) is 9.97 Å². The molecule has 1 aliphatic rings. The molecule has 1 aliphatic carbocycles. The number of aromatic nitrogens is 2. The zero-order valence-electron chi connectivity index (χ0n) is 11.2. The quantitative estimate of drug-likeness (QED) is 0.834. The fourth-order valence-corrected chi connectivity index (χ4v) is 2.36. The zero-order valence-corrected chi connectivity index (χ0v) is 11.9. The summed E-state index contributed by atoms with van der Waals surface area (Å²) in [6.07, 6.45) is 3.47. The van der Waals surface area contributed by atoms with Crippen molar-refractivity contribution in [3.63, 3.8) is 0 Å². The molecule has 0 radical (unpaired) electrons. The normalized spacial score (nSPS) is 17.4. The van der Waals surface area contributed by atoms with Crippen LogP contribution in [0.4, 0.5) is 5.95 Å². The summed E-state index contributed by atoms with van der Waals surface area (Å²) in [6.45, 7) is 5.90. The van der Waals surface area contributed by atoms with Gasteiger partial charge in [-0.25, -0.2) is 4.98 Å². The van der Waals surface area contributed by atoms with Crippen LogP contribution >= 0.6 is 11.6 Å². The van der Waals surface area contributed by atoms with E-state index in [4.69, 9.17) is 16.3 Å². The van der Waals surface area contributed by atoms with Crippen LogP contribution in [0.1, 0.15) is 38.8 Å². The summed E-state index contributed by atoms with van der Waals surface area (Å²) in [5, 5.41) is 3.36. The first-order valence-corrected chi connectivity index (χ1v) is 6.93. The van der Waals surface area contributed by atoms with Crippen LogP contribution in [0.15, 0.2) is 6.07 Å². The second-order valence-corrected chi connectivity index (χ2v) is 5.50. The molecule has 100 valence electrons. The van der Waals surface area contributed by atoms with Crippen molar-refractivity contribution in [1.29, 1.82) is 0 Å². The second kappa shape index (κ2) is 5.31. The Hall–Kier alpha value is -1.03. The Balaban J connectivity index is 2.14. The van der Waals surface area contributed by atoms with Gasteiger partial charge in [-0.1, -0.05) is 0 Å².